The maximum absolute atomic E-state index is 12.1. The lowest BCUT2D eigenvalue weighted by Gasteiger charge is -2.07. The van der Waals surface area contributed by atoms with Crippen molar-refractivity contribution in [1.29, 1.82) is 0 Å². The monoisotopic (exact) mass is 323 g/mol. The summed E-state index contributed by atoms with van der Waals surface area (Å²) in [6.07, 6.45) is 1.67. The molecule has 21 heavy (non-hydrogen) atoms. The minimum Gasteiger partial charge on any atom is -0.211 e. The molecule has 0 saturated carbocycles. The predicted octanol–water partition coefficient (Wildman–Crippen LogP) is 3.42. The fourth-order valence-corrected chi connectivity index (χ4v) is 3.13. The lowest BCUT2D eigenvalue weighted by Crippen LogP contribution is -2.25. The van der Waals surface area contributed by atoms with Gasteiger partial charge in [-0.05, 0) is 48.2 Å². The maximum Gasteiger partial charge on any atom is 0.240 e. The van der Waals surface area contributed by atoms with Crippen LogP contribution in [0.25, 0.3) is 0 Å². The second-order valence-electron chi connectivity index (χ2n) is 4.77. The summed E-state index contributed by atoms with van der Waals surface area (Å²) in [6.45, 7) is 2.48. The first-order chi connectivity index (χ1) is 10.0. The van der Waals surface area contributed by atoms with Gasteiger partial charge in [-0.3, -0.25) is 0 Å². The van der Waals surface area contributed by atoms with E-state index in [0.717, 1.165) is 12.0 Å². The van der Waals surface area contributed by atoms with Crippen LogP contribution in [0.2, 0.25) is 5.02 Å². The summed E-state index contributed by atoms with van der Waals surface area (Å²) in [6, 6.07) is 14.4. The van der Waals surface area contributed by atoms with Gasteiger partial charge in [0.2, 0.25) is 10.0 Å². The van der Waals surface area contributed by atoms with E-state index in [-0.39, 0.29) is 4.90 Å². The second-order valence-corrected chi connectivity index (χ2v) is 6.98. The van der Waals surface area contributed by atoms with E-state index in [1.165, 1.54) is 17.7 Å². The smallest absolute Gasteiger partial charge is 0.211 e. The highest BCUT2D eigenvalue weighted by atomic mass is 35.5. The highest BCUT2D eigenvalue weighted by Gasteiger charge is 2.12. The fourth-order valence-electron chi connectivity index (χ4n) is 1.97. The number of sulfonamides is 1. The minimum absolute atomic E-state index is 0.230. The predicted molar refractivity (Wildman–Crippen MR) is 86.2 cm³/mol. The zero-order chi connectivity index (χ0) is 15.3. The summed E-state index contributed by atoms with van der Waals surface area (Å²) in [4.78, 5) is 0.230. The van der Waals surface area contributed by atoms with E-state index >= 15 is 0 Å². The molecule has 0 aliphatic rings. The van der Waals surface area contributed by atoms with Gasteiger partial charge in [0.1, 0.15) is 0 Å². The summed E-state index contributed by atoms with van der Waals surface area (Å²) >= 11 is 5.76. The molecular formula is C16H18ClNO2S. The summed E-state index contributed by atoms with van der Waals surface area (Å²) < 4.78 is 26.8. The second kappa shape index (κ2) is 7.07. The number of hydrogen-bond donors (Lipinski definition) is 1. The molecule has 0 bridgehead atoms. The van der Waals surface area contributed by atoms with E-state index in [4.69, 9.17) is 11.6 Å². The number of rotatable bonds is 6. The molecule has 5 heteroatoms. The Morgan fingerprint density at radius 3 is 2.10 bits per heavy atom. The molecule has 2 aromatic rings. The highest BCUT2D eigenvalue weighted by molar-refractivity contribution is 7.89. The van der Waals surface area contributed by atoms with Crippen LogP contribution < -0.4 is 4.72 Å². The standard InChI is InChI=1S/C16H18ClNO2S/c1-2-13-3-5-14(6-4-13)11-12-18-21(19,20)16-9-7-15(17)8-10-16/h3-10,18H,2,11-12H2,1H3. The molecule has 0 radical (unpaired) electrons. The van der Waals surface area contributed by atoms with Crippen LogP contribution in [0.4, 0.5) is 0 Å². The van der Waals surface area contributed by atoms with Gasteiger partial charge >= 0.3 is 0 Å². The van der Waals surface area contributed by atoms with E-state index < -0.39 is 10.0 Å². The van der Waals surface area contributed by atoms with Crippen molar-refractivity contribution in [3.05, 3.63) is 64.7 Å². The van der Waals surface area contributed by atoms with Crippen LogP contribution in [-0.2, 0) is 22.9 Å². The Bertz CT molecular complexity index is 679. The van der Waals surface area contributed by atoms with Crippen molar-refractivity contribution in [3.8, 4) is 0 Å². The van der Waals surface area contributed by atoms with Crippen molar-refractivity contribution >= 4 is 21.6 Å². The summed E-state index contributed by atoms with van der Waals surface area (Å²) in [5.74, 6) is 0. The van der Waals surface area contributed by atoms with Crippen molar-refractivity contribution in [2.24, 2.45) is 0 Å². The van der Waals surface area contributed by atoms with Crippen LogP contribution >= 0.6 is 11.6 Å². The van der Waals surface area contributed by atoms with Gasteiger partial charge in [-0.25, -0.2) is 13.1 Å². The molecule has 0 fully saturated rings. The van der Waals surface area contributed by atoms with Crippen molar-refractivity contribution in [2.45, 2.75) is 24.7 Å². The zero-order valence-electron chi connectivity index (χ0n) is 11.8. The van der Waals surface area contributed by atoms with E-state index in [9.17, 15) is 8.42 Å². The van der Waals surface area contributed by atoms with Crippen LogP contribution in [0.3, 0.4) is 0 Å². The molecule has 0 aliphatic heterocycles. The molecule has 0 aromatic heterocycles. The van der Waals surface area contributed by atoms with Gasteiger partial charge in [-0.2, -0.15) is 0 Å². The quantitative estimate of drug-likeness (QED) is 0.885. The van der Waals surface area contributed by atoms with Gasteiger partial charge < -0.3 is 0 Å². The third kappa shape index (κ3) is 4.56. The normalized spacial score (nSPS) is 11.5. The molecule has 0 aliphatic carbocycles. The van der Waals surface area contributed by atoms with Gasteiger partial charge in [0.25, 0.3) is 0 Å². The Labute approximate surface area is 131 Å². The molecule has 0 saturated heterocycles. The van der Waals surface area contributed by atoms with Crippen LogP contribution in [0.15, 0.2) is 53.4 Å². The van der Waals surface area contributed by atoms with E-state index in [2.05, 4.69) is 23.8 Å². The molecular weight excluding hydrogens is 306 g/mol. The molecule has 2 aromatic carbocycles. The SMILES string of the molecule is CCc1ccc(CCNS(=O)(=O)c2ccc(Cl)cc2)cc1. The first-order valence-electron chi connectivity index (χ1n) is 6.84. The Balaban J connectivity index is 1.93. The van der Waals surface area contributed by atoms with Crippen molar-refractivity contribution in [1.82, 2.24) is 4.72 Å². The van der Waals surface area contributed by atoms with E-state index in [0.29, 0.717) is 18.0 Å². The van der Waals surface area contributed by atoms with Crippen LogP contribution in [0.1, 0.15) is 18.1 Å². The topological polar surface area (TPSA) is 46.2 Å². The number of benzene rings is 2. The Hall–Kier alpha value is -1.36. The minimum atomic E-state index is -3.47. The molecule has 112 valence electrons. The van der Waals surface area contributed by atoms with Gasteiger partial charge in [0, 0.05) is 11.6 Å². The third-order valence-corrected chi connectivity index (χ3v) is 4.99. The molecule has 0 atom stereocenters. The van der Waals surface area contributed by atoms with Crippen LogP contribution in [-0.4, -0.2) is 15.0 Å². The summed E-state index contributed by atoms with van der Waals surface area (Å²) in [5, 5.41) is 0.518. The Kier molecular flexibility index (Phi) is 5.39. The molecule has 3 nitrogen and oxygen atoms in total. The van der Waals surface area contributed by atoms with Crippen LogP contribution in [0, 0.1) is 0 Å². The van der Waals surface area contributed by atoms with Crippen molar-refractivity contribution < 1.29 is 8.42 Å². The lowest BCUT2D eigenvalue weighted by molar-refractivity contribution is 0.581. The first-order valence-corrected chi connectivity index (χ1v) is 8.70. The van der Waals surface area contributed by atoms with Gasteiger partial charge in [0.05, 0.1) is 4.90 Å². The third-order valence-electron chi connectivity index (χ3n) is 3.26. The molecule has 2 rings (SSSR count). The highest BCUT2D eigenvalue weighted by Crippen LogP contribution is 2.14. The number of halogens is 1. The van der Waals surface area contributed by atoms with Crippen molar-refractivity contribution in [2.75, 3.05) is 6.54 Å². The Morgan fingerprint density at radius 1 is 0.952 bits per heavy atom. The van der Waals surface area contributed by atoms with Gasteiger partial charge in [-0.1, -0.05) is 42.8 Å². The van der Waals surface area contributed by atoms with E-state index in [1.54, 1.807) is 12.1 Å². The van der Waals surface area contributed by atoms with Gasteiger partial charge in [-0.15, -0.1) is 0 Å². The van der Waals surface area contributed by atoms with Crippen LogP contribution in [0.5, 0.6) is 0 Å². The average molecular weight is 324 g/mol. The zero-order valence-corrected chi connectivity index (χ0v) is 13.4. The lowest BCUT2D eigenvalue weighted by atomic mass is 10.1. The number of nitrogens with one attached hydrogen (secondary N) is 1. The molecule has 0 heterocycles. The fraction of sp³-hybridized carbons (Fsp3) is 0.250. The maximum atomic E-state index is 12.1. The Morgan fingerprint density at radius 2 is 1.52 bits per heavy atom. The summed E-state index contributed by atoms with van der Waals surface area (Å²) in [7, 11) is -3.47. The first kappa shape index (κ1) is 16.0. The number of hydrogen-bond acceptors (Lipinski definition) is 2. The summed E-state index contributed by atoms with van der Waals surface area (Å²) in [5.41, 5.74) is 2.39. The molecule has 0 amide bonds. The van der Waals surface area contributed by atoms with Gasteiger partial charge in [0.15, 0.2) is 0 Å². The number of aryl methyl sites for hydroxylation is 1. The molecule has 1 N–H and O–H groups in total. The van der Waals surface area contributed by atoms with E-state index in [1.807, 2.05) is 12.1 Å². The largest absolute Gasteiger partial charge is 0.240 e. The van der Waals surface area contributed by atoms with Crippen molar-refractivity contribution in [3.63, 3.8) is 0 Å². The average Bonchev–Trinajstić information content (AvgIpc) is 2.48. The molecule has 0 spiro atoms. The molecule has 0 unspecified atom stereocenters.